The molecule has 0 saturated carbocycles. The molecule has 2 aromatic rings. The van der Waals surface area contributed by atoms with Gasteiger partial charge in [0, 0.05) is 6.07 Å². The van der Waals surface area contributed by atoms with Crippen LogP contribution in [-0.4, -0.2) is 55.5 Å². The van der Waals surface area contributed by atoms with Gasteiger partial charge in [0.2, 0.25) is 0 Å². The molecule has 0 saturated heterocycles. The predicted octanol–water partition coefficient (Wildman–Crippen LogP) is 4.48. The maximum absolute atomic E-state index is 12.8. The molecule has 1 atom stereocenters. The summed E-state index contributed by atoms with van der Waals surface area (Å²) in [6.07, 6.45) is 0. The second kappa shape index (κ2) is 10.3. The minimum atomic E-state index is -1.41. The number of amides is 3. The first-order valence-electron chi connectivity index (χ1n) is 9.45. The van der Waals surface area contributed by atoms with E-state index in [4.69, 9.17) is 60.6 Å². The summed E-state index contributed by atoms with van der Waals surface area (Å²) in [5, 5.41) is 1.60. The van der Waals surface area contributed by atoms with Crippen molar-refractivity contribution in [2.24, 2.45) is 0 Å². The standard InChI is InChI=1S/C21H16Cl4N2O7/c1-8(27-19(29)13-14(20(27)30)16(23)18(25)17(24)15(13)22)21(31)34-7-12(28)26-10-6-9(32-2)4-5-11(10)33-3/h4-6,8H,7H2,1-3H3,(H,26,28)/t8-/m0/s1. The molecule has 0 spiro atoms. The zero-order chi connectivity index (χ0) is 25.3. The molecule has 1 heterocycles. The Morgan fingerprint density at radius 1 is 0.941 bits per heavy atom. The molecule has 0 fully saturated rings. The van der Waals surface area contributed by atoms with Gasteiger partial charge in [-0.05, 0) is 19.1 Å². The van der Waals surface area contributed by atoms with Crippen molar-refractivity contribution in [3.8, 4) is 11.5 Å². The van der Waals surface area contributed by atoms with Gasteiger partial charge in [-0.15, -0.1) is 0 Å². The number of anilines is 1. The van der Waals surface area contributed by atoms with Crippen LogP contribution >= 0.6 is 46.4 Å². The minimum absolute atomic E-state index is 0.199. The van der Waals surface area contributed by atoms with Crippen LogP contribution in [0.15, 0.2) is 18.2 Å². The lowest BCUT2D eigenvalue weighted by atomic mass is 10.1. The number of fused-ring (bicyclic) bond motifs is 1. The largest absolute Gasteiger partial charge is 0.497 e. The van der Waals surface area contributed by atoms with E-state index >= 15 is 0 Å². The number of nitrogens with one attached hydrogen (secondary N) is 1. The molecule has 1 N–H and O–H groups in total. The summed E-state index contributed by atoms with van der Waals surface area (Å²) in [4.78, 5) is 51.2. The van der Waals surface area contributed by atoms with Gasteiger partial charge in [0.1, 0.15) is 17.5 Å². The SMILES string of the molecule is COc1ccc(OC)c(NC(=O)COC(=O)[C@H](C)N2C(=O)c3c(Cl)c(Cl)c(Cl)c(Cl)c3C2=O)c1. The summed E-state index contributed by atoms with van der Waals surface area (Å²) in [7, 11) is 2.87. The Hall–Kier alpha value is -2.72. The van der Waals surface area contributed by atoms with Gasteiger partial charge in [0.15, 0.2) is 6.61 Å². The molecule has 13 heteroatoms. The summed E-state index contributed by atoms with van der Waals surface area (Å²) in [6.45, 7) is 0.546. The topological polar surface area (TPSA) is 111 Å². The van der Waals surface area contributed by atoms with Crippen LogP contribution in [0.3, 0.4) is 0 Å². The number of esters is 1. The van der Waals surface area contributed by atoms with E-state index in [9.17, 15) is 19.2 Å². The molecule has 1 aliphatic heterocycles. The van der Waals surface area contributed by atoms with Gasteiger partial charge in [-0.25, -0.2) is 4.79 Å². The monoisotopic (exact) mass is 548 g/mol. The van der Waals surface area contributed by atoms with Crippen LogP contribution in [0.2, 0.25) is 20.1 Å². The van der Waals surface area contributed by atoms with Crippen molar-refractivity contribution < 1.29 is 33.4 Å². The van der Waals surface area contributed by atoms with Gasteiger partial charge in [0.25, 0.3) is 17.7 Å². The number of carbonyl (C=O) groups excluding carboxylic acids is 4. The second-order valence-corrected chi connectivity index (χ2v) is 8.40. The van der Waals surface area contributed by atoms with Crippen LogP contribution in [0.4, 0.5) is 5.69 Å². The maximum Gasteiger partial charge on any atom is 0.329 e. The zero-order valence-electron chi connectivity index (χ0n) is 17.8. The quantitative estimate of drug-likeness (QED) is 0.234. The van der Waals surface area contributed by atoms with Crippen molar-refractivity contribution in [2.75, 3.05) is 26.1 Å². The highest BCUT2D eigenvalue weighted by Crippen LogP contribution is 2.45. The summed E-state index contributed by atoms with van der Waals surface area (Å²) in [6, 6.07) is 3.33. The number of carbonyl (C=O) groups is 4. The number of methoxy groups -OCH3 is 2. The lowest BCUT2D eigenvalue weighted by Gasteiger charge is -2.21. The Morgan fingerprint density at radius 3 is 2.00 bits per heavy atom. The molecule has 0 radical (unpaired) electrons. The van der Waals surface area contributed by atoms with Crippen LogP contribution in [0.5, 0.6) is 11.5 Å². The van der Waals surface area contributed by atoms with Crippen molar-refractivity contribution in [3.63, 3.8) is 0 Å². The molecule has 180 valence electrons. The number of halogens is 4. The van der Waals surface area contributed by atoms with Crippen LogP contribution in [-0.2, 0) is 14.3 Å². The first-order chi connectivity index (χ1) is 16.0. The molecule has 1 aliphatic rings. The molecule has 3 rings (SSSR count). The molecule has 0 aromatic heterocycles. The number of ether oxygens (including phenoxy) is 3. The average Bonchev–Trinajstić information content (AvgIpc) is 3.09. The fraction of sp³-hybridized carbons (Fsp3) is 0.238. The number of imide groups is 1. The number of benzene rings is 2. The van der Waals surface area contributed by atoms with E-state index in [0.29, 0.717) is 16.4 Å². The van der Waals surface area contributed by atoms with E-state index in [1.165, 1.54) is 27.2 Å². The normalized spacial score (nSPS) is 13.4. The third-order valence-electron chi connectivity index (χ3n) is 4.89. The Kier molecular flexibility index (Phi) is 7.82. The molecule has 0 aliphatic carbocycles. The lowest BCUT2D eigenvalue weighted by molar-refractivity contribution is -0.150. The van der Waals surface area contributed by atoms with Crippen molar-refractivity contribution in [1.82, 2.24) is 4.90 Å². The Bertz CT molecular complexity index is 1170. The fourth-order valence-corrected chi connectivity index (χ4v) is 4.19. The molecular formula is C21H16Cl4N2O7. The van der Waals surface area contributed by atoms with Crippen molar-refractivity contribution in [1.29, 1.82) is 0 Å². The van der Waals surface area contributed by atoms with E-state index in [-0.39, 0.29) is 36.9 Å². The van der Waals surface area contributed by atoms with Crippen molar-refractivity contribution in [2.45, 2.75) is 13.0 Å². The second-order valence-electron chi connectivity index (χ2n) is 6.88. The number of hydrogen-bond donors (Lipinski definition) is 1. The van der Waals surface area contributed by atoms with Gasteiger partial charge < -0.3 is 19.5 Å². The fourth-order valence-electron chi connectivity index (χ4n) is 3.18. The number of hydrogen-bond acceptors (Lipinski definition) is 7. The summed E-state index contributed by atoms with van der Waals surface area (Å²) in [5.74, 6) is -2.71. The molecule has 0 unspecified atom stereocenters. The first-order valence-corrected chi connectivity index (χ1v) is 11.0. The van der Waals surface area contributed by atoms with Crippen molar-refractivity contribution in [3.05, 3.63) is 49.4 Å². The van der Waals surface area contributed by atoms with Crippen LogP contribution in [0.25, 0.3) is 0 Å². The van der Waals surface area contributed by atoms with Crippen molar-refractivity contribution >= 4 is 75.8 Å². The minimum Gasteiger partial charge on any atom is -0.497 e. The van der Waals surface area contributed by atoms with Gasteiger partial charge in [-0.1, -0.05) is 46.4 Å². The highest BCUT2D eigenvalue weighted by atomic mass is 35.5. The summed E-state index contributed by atoms with van der Waals surface area (Å²) < 4.78 is 15.3. The van der Waals surface area contributed by atoms with E-state index in [2.05, 4.69) is 5.32 Å². The molecule has 3 amide bonds. The first kappa shape index (κ1) is 25.9. The van der Waals surface area contributed by atoms with E-state index in [0.717, 1.165) is 0 Å². The Morgan fingerprint density at radius 2 is 1.50 bits per heavy atom. The molecule has 34 heavy (non-hydrogen) atoms. The summed E-state index contributed by atoms with van der Waals surface area (Å²) in [5.41, 5.74) is -0.253. The van der Waals surface area contributed by atoms with Crippen LogP contribution in [0.1, 0.15) is 27.6 Å². The smallest absolute Gasteiger partial charge is 0.329 e. The van der Waals surface area contributed by atoms with Gasteiger partial charge in [0.05, 0.1) is 51.1 Å². The highest BCUT2D eigenvalue weighted by Gasteiger charge is 2.45. The Balaban J connectivity index is 1.71. The third-order valence-corrected chi connectivity index (χ3v) is 6.69. The van der Waals surface area contributed by atoms with Crippen LogP contribution in [0, 0.1) is 0 Å². The maximum atomic E-state index is 12.8. The van der Waals surface area contributed by atoms with E-state index in [1.54, 1.807) is 12.1 Å². The average molecular weight is 550 g/mol. The molecule has 0 bridgehead atoms. The van der Waals surface area contributed by atoms with E-state index in [1.807, 2.05) is 0 Å². The van der Waals surface area contributed by atoms with Crippen LogP contribution < -0.4 is 14.8 Å². The predicted molar refractivity (Wildman–Crippen MR) is 126 cm³/mol. The van der Waals surface area contributed by atoms with Gasteiger partial charge in [-0.2, -0.15) is 0 Å². The van der Waals surface area contributed by atoms with Gasteiger partial charge in [-0.3, -0.25) is 19.3 Å². The number of rotatable bonds is 7. The Labute approximate surface area is 213 Å². The zero-order valence-corrected chi connectivity index (χ0v) is 20.9. The number of nitrogens with zero attached hydrogens (tertiary/aromatic N) is 1. The highest BCUT2D eigenvalue weighted by molar-refractivity contribution is 6.55. The van der Waals surface area contributed by atoms with Gasteiger partial charge >= 0.3 is 5.97 Å². The third kappa shape index (κ3) is 4.61. The summed E-state index contributed by atoms with van der Waals surface area (Å²) >= 11 is 24.1. The van der Waals surface area contributed by atoms with E-state index < -0.39 is 36.3 Å². The lowest BCUT2D eigenvalue weighted by Crippen LogP contribution is -2.44. The molecule has 9 nitrogen and oxygen atoms in total. The molecular weight excluding hydrogens is 534 g/mol. The molecule has 2 aromatic carbocycles.